The molecule has 2 heterocycles. The van der Waals surface area contributed by atoms with Crippen molar-refractivity contribution in [3.8, 4) is 39.9 Å². The lowest BCUT2D eigenvalue weighted by Crippen LogP contribution is -2.13. The maximum atomic E-state index is 13.4. The van der Waals surface area contributed by atoms with Crippen molar-refractivity contribution in [2.45, 2.75) is 12.3 Å². The molecule has 0 radical (unpaired) electrons. The Morgan fingerprint density at radius 1 is 1.06 bits per heavy atom. The van der Waals surface area contributed by atoms with Crippen LogP contribution >= 0.6 is 0 Å². The molecule has 36 heavy (non-hydrogen) atoms. The Balaban J connectivity index is 1.72. The first-order valence-electron chi connectivity index (χ1n) is 11.0. The topological polar surface area (TPSA) is 125 Å². The average Bonchev–Trinajstić information content (AvgIpc) is 3.36. The van der Waals surface area contributed by atoms with Gasteiger partial charge in [-0.2, -0.15) is 0 Å². The van der Waals surface area contributed by atoms with Crippen molar-refractivity contribution < 1.29 is 38.4 Å². The van der Waals surface area contributed by atoms with Crippen molar-refractivity contribution in [1.82, 2.24) is 0 Å². The molecule has 1 atom stereocenters. The summed E-state index contributed by atoms with van der Waals surface area (Å²) in [5.41, 5.74) is 1.46. The Kier molecular flexibility index (Phi) is 5.89. The van der Waals surface area contributed by atoms with E-state index in [1.165, 1.54) is 44.7 Å². The first-order valence-corrected chi connectivity index (χ1v) is 11.0. The highest BCUT2D eigenvalue weighted by molar-refractivity contribution is 5.87. The third-order valence-electron chi connectivity index (χ3n) is 6.17. The number of esters is 1. The number of rotatable bonds is 6. The number of methoxy groups -OCH3 is 2. The van der Waals surface area contributed by atoms with Gasteiger partial charge >= 0.3 is 5.97 Å². The number of fused-ring (bicyclic) bond motifs is 2. The number of phenolic OH excluding ortho intramolecular Hbond substituents is 2. The SMILES string of the molecule is COC(=O)CC(c1cc(OC)c2c(c1)OCO2)c1c(O)ccc2c(=O)c(-c3ccc(O)cc3)coc12. The second-order valence-electron chi connectivity index (χ2n) is 8.19. The lowest BCUT2D eigenvalue weighted by Gasteiger charge is -2.20. The maximum Gasteiger partial charge on any atom is 0.306 e. The van der Waals surface area contributed by atoms with Gasteiger partial charge in [0.2, 0.25) is 18.0 Å². The van der Waals surface area contributed by atoms with Crippen LogP contribution in [0.25, 0.3) is 22.1 Å². The second kappa shape index (κ2) is 9.18. The maximum absolute atomic E-state index is 13.4. The highest BCUT2D eigenvalue weighted by Crippen LogP contribution is 2.47. The molecule has 0 spiro atoms. The van der Waals surface area contributed by atoms with Crippen molar-refractivity contribution in [3.63, 3.8) is 0 Å². The van der Waals surface area contributed by atoms with Crippen LogP contribution in [0, 0.1) is 0 Å². The lowest BCUT2D eigenvalue weighted by atomic mass is 9.86. The Bertz CT molecular complexity index is 1520. The number of ether oxygens (including phenoxy) is 4. The smallest absolute Gasteiger partial charge is 0.306 e. The predicted octanol–water partition coefficient (Wildman–Crippen LogP) is 4.30. The summed E-state index contributed by atoms with van der Waals surface area (Å²) in [6.07, 6.45) is 1.14. The molecule has 0 bridgehead atoms. The van der Waals surface area contributed by atoms with E-state index in [4.69, 9.17) is 23.4 Å². The van der Waals surface area contributed by atoms with Gasteiger partial charge in [0.15, 0.2) is 11.5 Å². The zero-order valence-electron chi connectivity index (χ0n) is 19.4. The monoisotopic (exact) mass is 490 g/mol. The van der Waals surface area contributed by atoms with Crippen LogP contribution in [-0.4, -0.2) is 37.2 Å². The number of hydrogen-bond acceptors (Lipinski definition) is 9. The van der Waals surface area contributed by atoms with Gasteiger partial charge in [0.25, 0.3) is 0 Å². The van der Waals surface area contributed by atoms with Crippen molar-refractivity contribution in [2.24, 2.45) is 0 Å². The van der Waals surface area contributed by atoms with Crippen LogP contribution in [0.5, 0.6) is 28.7 Å². The molecular weight excluding hydrogens is 468 g/mol. The van der Waals surface area contributed by atoms with E-state index in [9.17, 15) is 19.8 Å². The molecule has 0 amide bonds. The summed E-state index contributed by atoms with van der Waals surface area (Å²) in [7, 11) is 2.75. The summed E-state index contributed by atoms with van der Waals surface area (Å²) < 4.78 is 27.3. The van der Waals surface area contributed by atoms with Gasteiger partial charge in [0, 0.05) is 11.5 Å². The molecule has 5 rings (SSSR count). The molecule has 4 aromatic rings. The number of carbonyl (C=O) groups is 1. The second-order valence-corrected chi connectivity index (χ2v) is 8.19. The Morgan fingerprint density at radius 2 is 1.83 bits per heavy atom. The quantitative estimate of drug-likeness (QED) is 0.381. The number of benzene rings is 3. The van der Waals surface area contributed by atoms with Crippen LogP contribution in [-0.2, 0) is 9.53 Å². The van der Waals surface area contributed by atoms with Crippen LogP contribution in [0.2, 0.25) is 0 Å². The normalized spacial score (nSPS) is 12.9. The molecule has 1 aliphatic rings. The van der Waals surface area contributed by atoms with E-state index >= 15 is 0 Å². The predicted molar refractivity (Wildman–Crippen MR) is 129 cm³/mol. The van der Waals surface area contributed by atoms with Gasteiger partial charge in [-0.25, -0.2) is 0 Å². The molecule has 9 heteroatoms. The number of phenols is 2. The van der Waals surface area contributed by atoms with E-state index in [1.54, 1.807) is 24.3 Å². The van der Waals surface area contributed by atoms with Crippen LogP contribution in [0.15, 0.2) is 64.0 Å². The molecule has 9 nitrogen and oxygen atoms in total. The summed E-state index contributed by atoms with van der Waals surface area (Å²) in [5, 5.41) is 20.7. The fraction of sp³-hybridized carbons (Fsp3) is 0.185. The van der Waals surface area contributed by atoms with Crippen molar-refractivity contribution in [2.75, 3.05) is 21.0 Å². The zero-order chi connectivity index (χ0) is 25.4. The van der Waals surface area contributed by atoms with Crippen molar-refractivity contribution in [3.05, 3.63) is 76.1 Å². The van der Waals surface area contributed by atoms with Gasteiger partial charge in [0.05, 0.1) is 31.6 Å². The molecule has 0 fully saturated rings. The number of hydrogen-bond donors (Lipinski definition) is 2. The molecule has 184 valence electrons. The van der Waals surface area contributed by atoms with Gasteiger partial charge in [-0.1, -0.05) is 12.1 Å². The first kappa shape index (κ1) is 23.1. The fourth-order valence-electron chi connectivity index (χ4n) is 4.38. The molecule has 0 saturated carbocycles. The Labute approximate surface area is 205 Å². The molecule has 3 aromatic carbocycles. The first-order chi connectivity index (χ1) is 17.4. The van der Waals surface area contributed by atoms with Gasteiger partial charge in [-0.15, -0.1) is 0 Å². The van der Waals surface area contributed by atoms with Crippen molar-refractivity contribution in [1.29, 1.82) is 0 Å². The summed E-state index contributed by atoms with van der Waals surface area (Å²) in [6.45, 7) is 0.0191. The van der Waals surface area contributed by atoms with E-state index < -0.39 is 11.9 Å². The molecule has 1 aliphatic heterocycles. The zero-order valence-corrected chi connectivity index (χ0v) is 19.4. The molecular formula is C27H22O9. The minimum atomic E-state index is -0.771. The minimum absolute atomic E-state index is 0.0191. The lowest BCUT2D eigenvalue weighted by molar-refractivity contribution is -0.140. The third-order valence-corrected chi connectivity index (χ3v) is 6.17. The van der Waals surface area contributed by atoms with E-state index in [0.717, 1.165) is 0 Å². The van der Waals surface area contributed by atoms with Crippen molar-refractivity contribution >= 4 is 16.9 Å². The molecule has 1 aromatic heterocycles. The van der Waals surface area contributed by atoms with Crippen LogP contribution < -0.4 is 19.6 Å². The van der Waals surface area contributed by atoms with Crippen LogP contribution in [0.3, 0.4) is 0 Å². The summed E-state index contributed by atoms with van der Waals surface area (Å²) in [5.74, 6) is -0.135. The van der Waals surface area contributed by atoms with E-state index in [-0.39, 0.29) is 52.2 Å². The standard InChI is InChI=1S/C27H22O9/c1-32-21-9-15(10-22-27(21)36-13-35-22)18(11-23(30)33-2)24-20(29)8-7-17-25(31)19(12-34-26(17)24)14-3-5-16(28)6-4-14/h3-10,12,18,28-29H,11,13H2,1-2H3. The molecule has 0 saturated heterocycles. The van der Waals surface area contributed by atoms with Crippen LogP contribution in [0.4, 0.5) is 0 Å². The highest BCUT2D eigenvalue weighted by Gasteiger charge is 2.30. The van der Waals surface area contributed by atoms with Gasteiger partial charge in [-0.3, -0.25) is 9.59 Å². The van der Waals surface area contributed by atoms with Crippen LogP contribution in [0.1, 0.15) is 23.5 Å². The third kappa shape index (κ3) is 3.94. The summed E-state index contributed by atoms with van der Waals surface area (Å²) >= 11 is 0. The van der Waals surface area contributed by atoms with E-state index in [0.29, 0.717) is 28.4 Å². The van der Waals surface area contributed by atoms with Gasteiger partial charge in [-0.05, 0) is 47.5 Å². The number of aromatic hydroxyl groups is 2. The minimum Gasteiger partial charge on any atom is -0.508 e. The number of carbonyl (C=O) groups excluding carboxylic acids is 1. The van der Waals surface area contributed by atoms with E-state index in [1.807, 2.05) is 0 Å². The molecule has 1 unspecified atom stereocenters. The molecule has 2 N–H and O–H groups in total. The van der Waals surface area contributed by atoms with Gasteiger partial charge < -0.3 is 33.6 Å². The Hall–Kier alpha value is -4.66. The Morgan fingerprint density at radius 3 is 2.56 bits per heavy atom. The highest BCUT2D eigenvalue weighted by atomic mass is 16.7. The van der Waals surface area contributed by atoms with Gasteiger partial charge in [0.1, 0.15) is 23.3 Å². The average molecular weight is 490 g/mol. The largest absolute Gasteiger partial charge is 0.508 e. The summed E-state index contributed by atoms with van der Waals surface area (Å²) in [6, 6.07) is 12.4. The summed E-state index contributed by atoms with van der Waals surface area (Å²) in [4.78, 5) is 25.9. The van der Waals surface area contributed by atoms with E-state index in [2.05, 4.69) is 0 Å². The molecule has 0 aliphatic carbocycles. The fourth-order valence-corrected chi connectivity index (χ4v) is 4.38.